The molecule has 1 heterocycles. The lowest BCUT2D eigenvalue weighted by molar-refractivity contribution is 0.267. The quantitative estimate of drug-likeness (QED) is 0.661. The van der Waals surface area contributed by atoms with Gasteiger partial charge < -0.3 is 4.98 Å². The van der Waals surface area contributed by atoms with E-state index < -0.39 is 21.7 Å². The molecule has 0 spiro atoms. The smallest absolute Gasteiger partial charge is 0.208 e. The van der Waals surface area contributed by atoms with E-state index in [9.17, 15) is 21.6 Å². The van der Waals surface area contributed by atoms with Crippen LogP contribution in [-0.4, -0.2) is 26.2 Å². The Morgan fingerprint density at radius 2 is 1.75 bits per heavy atom. The third kappa shape index (κ3) is 3.66. The normalized spacial score (nSPS) is 19.7. The van der Waals surface area contributed by atoms with Crippen molar-refractivity contribution in [3.63, 3.8) is 0 Å². The van der Waals surface area contributed by atoms with Crippen LogP contribution in [-0.2, 0) is 10.0 Å². The summed E-state index contributed by atoms with van der Waals surface area (Å²) in [6.07, 6.45) is 2.50. The van der Waals surface area contributed by atoms with Gasteiger partial charge in [-0.2, -0.15) is 0 Å². The first kappa shape index (κ1) is 19.0. The number of halogens is 3. The molecule has 8 heteroatoms. The van der Waals surface area contributed by atoms with Gasteiger partial charge in [-0.1, -0.05) is 0 Å². The molecule has 0 saturated heterocycles. The Bertz CT molecular complexity index is 1130. The van der Waals surface area contributed by atoms with Gasteiger partial charge in [0.1, 0.15) is 17.5 Å². The zero-order valence-corrected chi connectivity index (χ0v) is 15.9. The van der Waals surface area contributed by atoms with Crippen LogP contribution in [0.1, 0.15) is 24.3 Å². The molecule has 0 amide bonds. The summed E-state index contributed by atoms with van der Waals surface area (Å²) in [5, 5.41) is 0.469. The van der Waals surface area contributed by atoms with Gasteiger partial charge in [0.15, 0.2) is 0 Å². The minimum atomic E-state index is -3.26. The van der Waals surface area contributed by atoms with Gasteiger partial charge in [-0.3, -0.25) is 0 Å². The summed E-state index contributed by atoms with van der Waals surface area (Å²) in [6.45, 7) is 0.340. The van der Waals surface area contributed by atoms with Crippen LogP contribution in [0.5, 0.6) is 0 Å². The van der Waals surface area contributed by atoms with E-state index >= 15 is 0 Å². The summed E-state index contributed by atoms with van der Waals surface area (Å²) in [6, 6.07) is 7.97. The second-order valence-electron chi connectivity index (χ2n) is 7.39. The van der Waals surface area contributed by atoms with E-state index in [1.54, 1.807) is 12.1 Å². The van der Waals surface area contributed by atoms with Crippen molar-refractivity contribution in [3.8, 4) is 11.3 Å². The molecule has 1 fully saturated rings. The molecule has 0 bridgehead atoms. The number of hydrogen-bond donors (Lipinski definition) is 2. The summed E-state index contributed by atoms with van der Waals surface area (Å²) >= 11 is 0. The first-order valence-corrected chi connectivity index (χ1v) is 10.8. The highest BCUT2D eigenvalue weighted by Crippen LogP contribution is 2.48. The molecule has 0 radical (unpaired) electrons. The van der Waals surface area contributed by atoms with Crippen LogP contribution in [0.25, 0.3) is 22.2 Å². The zero-order chi connectivity index (χ0) is 20.1. The summed E-state index contributed by atoms with van der Waals surface area (Å²) in [5.74, 6) is -1.54. The van der Waals surface area contributed by atoms with Gasteiger partial charge in [0.2, 0.25) is 10.0 Å². The number of aromatic amines is 1. The molecule has 1 aliphatic carbocycles. The van der Waals surface area contributed by atoms with Crippen LogP contribution >= 0.6 is 0 Å². The standard InChI is InChI=1S/C20H19F3N2O2S/c1-28(26,27)24-10-11-6-13(7-11)18-16-8-15(22)9-17(23)20(16)25-19(18)12-2-4-14(21)5-3-12/h2-5,8-9,11,13,24-25H,6-7,10H2,1H3. The Balaban J connectivity index is 1.72. The fraction of sp³-hybridized carbons (Fsp3) is 0.300. The Morgan fingerprint density at radius 3 is 2.39 bits per heavy atom. The minimum absolute atomic E-state index is 0.0290. The molecule has 4 nitrogen and oxygen atoms in total. The average Bonchev–Trinajstić information content (AvgIpc) is 2.93. The van der Waals surface area contributed by atoms with Crippen molar-refractivity contribution < 1.29 is 21.6 Å². The molecule has 0 aliphatic heterocycles. The van der Waals surface area contributed by atoms with Crippen LogP contribution in [0.15, 0.2) is 36.4 Å². The number of nitrogens with one attached hydrogen (secondary N) is 2. The highest BCUT2D eigenvalue weighted by atomic mass is 32.2. The van der Waals surface area contributed by atoms with Crippen molar-refractivity contribution in [2.24, 2.45) is 5.92 Å². The third-order valence-corrected chi connectivity index (χ3v) is 5.97. The lowest BCUT2D eigenvalue weighted by Gasteiger charge is -2.36. The van der Waals surface area contributed by atoms with E-state index in [1.165, 1.54) is 18.2 Å². The molecule has 2 aromatic carbocycles. The number of rotatable bonds is 5. The van der Waals surface area contributed by atoms with Crippen LogP contribution in [0, 0.1) is 23.4 Å². The fourth-order valence-corrected chi connectivity index (χ4v) is 4.45. The van der Waals surface area contributed by atoms with Gasteiger partial charge in [0.05, 0.1) is 17.5 Å². The minimum Gasteiger partial charge on any atom is -0.352 e. The molecule has 0 atom stereocenters. The summed E-state index contributed by atoms with van der Waals surface area (Å²) in [7, 11) is -3.26. The second-order valence-corrected chi connectivity index (χ2v) is 9.22. The summed E-state index contributed by atoms with van der Waals surface area (Å²) in [4.78, 5) is 3.04. The van der Waals surface area contributed by atoms with Crippen molar-refractivity contribution in [1.82, 2.24) is 9.71 Å². The van der Waals surface area contributed by atoms with Gasteiger partial charge in [0.25, 0.3) is 0 Å². The Labute approximate surface area is 160 Å². The van der Waals surface area contributed by atoms with Crippen molar-refractivity contribution in [2.45, 2.75) is 18.8 Å². The Kier molecular flexibility index (Phi) is 4.71. The van der Waals surface area contributed by atoms with Gasteiger partial charge in [-0.25, -0.2) is 26.3 Å². The van der Waals surface area contributed by atoms with Gasteiger partial charge >= 0.3 is 0 Å². The van der Waals surface area contributed by atoms with Crippen molar-refractivity contribution in [1.29, 1.82) is 0 Å². The Hall–Kier alpha value is -2.32. The number of aromatic nitrogens is 1. The molecule has 1 aromatic heterocycles. The van der Waals surface area contributed by atoms with Crippen LogP contribution in [0.2, 0.25) is 0 Å². The topological polar surface area (TPSA) is 62.0 Å². The zero-order valence-electron chi connectivity index (χ0n) is 15.1. The molecule has 28 heavy (non-hydrogen) atoms. The van der Waals surface area contributed by atoms with E-state index in [1.807, 2.05) is 0 Å². The van der Waals surface area contributed by atoms with E-state index in [4.69, 9.17) is 0 Å². The van der Waals surface area contributed by atoms with Crippen molar-refractivity contribution >= 4 is 20.9 Å². The molecular formula is C20H19F3N2O2S. The molecule has 0 unspecified atom stereocenters. The monoisotopic (exact) mass is 408 g/mol. The van der Waals surface area contributed by atoms with Gasteiger partial charge in [-0.05, 0) is 66.1 Å². The molecule has 3 aromatic rings. The van der Waals surface area contributed by atoms with Crippen LogP contribution in [0.3, 0.4) is 0 Å². The molecule has 1 aliphatic rings. The number of benzene rings is 2. The summed E-state index contributed by atoms with van der Waals surface area (Å²) < 4.78 is 66.6. The van der Waals surface area contributed by atoms with Crippen molar-refractivity contribution in [2.75, 3.05) is 12.8 Å². The highest BCUT2D eigenvalue weighted by Gasteiger charge is 2.34. The molecule has 1 saturated carbocycles. The molecule has 148 valence electrons. The second kappa shape index (κ2) is 6.93. The largest absolute Gasteiger partial charge is 0.352 e. The lowest BCUT2D eigenvalue weighted by Crippen LogP contribution is -2.34. The van der Waals surface area contributed by atoms with Crippen LogP contribution in [0.4, 0.5) is 13.2 Å². The van der Waals surface area contributed by atoms with E-state index in [0.717, 1.165) is 17.9 Å². The maximum Gasteiger partial charge on any atom is 0.208 e. The van der Waals surface area contributed by atoms with Gasteiger partial charge in [0, 0.05) is 18.0 Å². The average molecular weight is 408 g/mol. The van der Waals surface area contributed by atoms with Crippen molar-refractivity contribution in [3.05, 3.63) is 59.4 Å². The number of fused-ring (bicyclic) bond motifs is 1. The van der Waals surface area contributed by atoms with Crippen LogP contribution < -0.4 is 4.72 Å². The lowest BCUT2D eigenvalue weighted by atomic mass is 9.70. The summed E-state index contributed by atoms with van der Waals surface area (Å²) in [5.41, 5.74) is 2.33. The number of sulfonamides is 1. The van der Waals surface area contributed by atoms with Gasteiger partial charge in [-0.15, -0.1) is 0 Å². The number of H-pyrrole nitrogens is 1. The fourth-order valence-electron chi connectivity index (χ4n) is 3.92. The first-order chi connectivity index (χ1) is 13.2. The molecule has 4 rings (SSSR count). The van der Waals surface area contributed by atoms with E-state index in [0.29, 0.717) is 36.0 Å². The number of hydrogen-bond acceptors (Lipinski definition) is 2. The Morgan fingerprint density at radius 1 is 1.07 bits per heavy atom. The highest BCUT2D eigenvalue weighted by molar-refractivity contribution is 7.88. The van der Waals surface area contributed by atoms with E-state index in [-0.39, 0.29) is 23.2 Å². The molecular weight excluding hydrogens is 389 g/mol. The maximum atomic E-state index is 14.3. The maximum absolute atomic E-state index is 14.3. The first-order valence-electron chi connectivity index (χ1n) is 8.92. The SMILES string of the molecule is CS(=O)(=O)NCC1CC(c2c(-c3ccc(F)cc3)[nH]c3c(F)cc(F)cc23)C1. The predicted molar refractivity (Wildman–Crippen MR) is 102 cm³/mol. The third-order valence-electron chi connectivity index (χ3n) is 5.28. The van der Waals surface area contributed by atoms with E-state index in [2.05, 4.69) is 9.71 Å². The predicted octanol–water partition coefficient (Wildman–Crippen LogP) is 4.30. The molecule has 2 N–H and O–H groups in total.